The van der Waals surface area contributed by atoms with E-state index in [9.17, 15) is 0 Å². The van der Waals surface area contributed by atoms with E-state index in [0.29, 0.717) is 6.54 Å². The van der Waals surface area contributed by atoms with Crippen molar-refractivity contribution < 1.29 is 4.74 Å². The normalized spacial score (nSPS) is 11.4. The third kappa shape index (κ3) is 3.40. The molecule has 0 atom stereocenters. The van der Waals surface area contributed by atoms with Crippen LogP contribution in [0.15, 0.2) is 42.5 Å². The van der Waals surface area contributed by atoms with Crippen LogP contribution < -0.4 is 10.5 Å². The molecule has 0 spiro atoms. The summed E-state index contributed by atoms with van der Waals surface area (Å²) in [6, 6.07) is 14.3. The van der Waals surface area contributed by atoms with Gasteiger partial charge in [0.15, 0.2) is 0 Å². The van der Waals surface area contributed by atoms with E-state index < -0.39 is 0 Å². The molecule has 0 aliphatic heterocycles. The van der Waals surface area contributed by atoms with Gasteiger partial charge in [-0.1, -0.05) is 39.0 Å². The van der Waals surface area contributed by atoms with Crippen molar-refractivity contribution in [2.45, 2.75) is 39.7 Å². The summed E-state index contributed by atoms with van der Waals surface area (Å²) < 4.78 is 5.89. The molecule has 20 heavy (non-hydrogen) atoms. The zero-order chi connectivity index (χ0) is 14.8. The maximum Gasteiger partial charge on any atom is 0.127 e. The van der Waals surface area contributed by atoms with E-state index in [0.717, 1.165) is 22.6 Å². The first-order valence-corrected chi connectivity index (χ1v) is 6.98. The van der Waals surface area contributed by atoms with E-state index in [1.165, 1.54) is 5.56 Å². The zero-order valence-corrected chi connectivity index (χ0v) is 12.7. The molecule has 0 unspecified atom stereocenters. The highest BCUT2D eigenvalue weighted by atomic mass is 16.5. The maximum atomic E-state index is 5.89. The number of aryl methyl sites for hydroxylation is 1. The molecular formula is C18H23NO. The molecule has 0 heterocycles. The highest BCUT2D eigenvalue weighted by Crippen LogP contribution is 2.27. The molecule has 0 aromatic heterocycles. The molecule has 0 aliphatic rings. The highest BCUT2D eigenvalue weighted by molar-refractivity contribution is 5.39. The molecule has 0 saturated carbocycles. The summed E-state index contributed by atoms with van der Waals surface area (Å²) in [4.78, 5) is 0. The van der Waals surface area contributed by atoms with Gasteiger partial charge >= 0.3 is 0 Å². The number of benzene rings is 2. The summed E-state index contributed by atoms with van der Waals surface area (Å²) in [5, 5.41) is 0. The first-order chi connectivity index (χ1) is 9.40. The van der Waals surface area contributed by atoms with Gasteiger partial charge in [-0.05, 0) is 53.3 Å². The SMILES string of the molecule is Cc1cc(Oc2ccc(C(C)(C)C)cc2)ccc1CN. The molecule has 106 valence electrons. The number of hydrogen-bond acceptors (Lipinski definition) is 2. The lowest BCUT2D eigenvalue weighted by Crippen LogP contribution is -2.10. The van der Waals surface area contributed by atoms with Gasteiger partial charge in [0, 0.05) is 6.54 Å². The standard InChI is InChI=1S/C18H23NO/c1-13-11-17(8-5-14(13)12-19)20-16-9-6-15(7-10-16)18(2,3)4/h5-11H,12,19H2,1-4H3. The number of hydrogen-bond donors (Lipinski definition) is 1. The van der Waals surface area contributed by atoms with Crippen molar-refractivity contribution in [3.63, 3.8) is 0 Å². The van der Waals surface area contributed by atoms with Crippen LogP contribution in [0.5, 0.6) is 11.5 Å². The van der Waals surface area contributed by atoms with E-state index in [4.69, 9.17) is 10.5 Å². The zero-order valence-electron chi connectivity index (χ0n) is 12.7. The van der Waals surface area contributed by atoms with Gasteiger partial charge in [0.1, 0.15) is 11.5 Å². The van der Waals surface area contributed by atoms with Crippen LogP contribution in [-0.2, 0) is 12.0 Å². The Balaban J connectivity index is 2.16. The largest absolute Gasteiger partial charge is 0.457 e. The minimum absolute atomic E-state index is 0.165. The van der Waals surface area contributed by atoms with Gasteiger partial charge in [-0.3, -0.25) is 0 Å². The molecule has 0 fully saturated rings. The highest BCUT2D eigenvalue weighted by Gasteiger charge is 2.13. The van der Waals surface area contributed by atoms with Crippen molar-refractivity contribution in [1.29, 1.82) is 0 Å². The average Bonchev–Trinajstić information content (AvgIpc) is 2.38. The molecule has 2 N–H and O–H groups in total. The smallest absolute Gasteiger partial charge is 0.127 e. The molecule has 2 aromatic carbocycles. The molecule has 2 rings (SSSR count). The lowest BCUT2D eigenvalue weighted by molar-refractivity contribution is 0.481. The monoisotopic (exact) mass is 269 g/mol. The van der Waals surface area contributed by atoms with Gasteiger partial charge in [-0.25, -0.2) is 0 Å². The van der Waals surface area contributed by atoms with Crippen LogP contribution in [0.3, 0.4) is 0 Å². The average molecular weight is 269 g/mol. The van der Waals surface area contributed by atoms with E-state index in [2.05, 4.69) is 39.8 Å². The summed E-state index contributed by atoms with van der Waals surface area (Å²) >= 11 is 0. The molecule has 0 bridgehead atoms. The second-order valence-electron chi connectivity index (χ2n) is 6.17. The van der Waals surface area contributed by atoms with Gasteiger partial charge in [0.25, 0.3) is 0 Å². The van der Waals surface area contributed by atoms with Crippen molar-refractivity contribution in [3.8, 4) is 11.5 Å². The Morgan fingerprint density at radius 2 is 1.55 bits per heavy atom. The third-order valence-electron chi connectivity index (χ3n) is 3.49. The minimum atomic E-state index is 0.165. The second-order valence-corrected chi connectivity index (χ2v) is 6.17. The van der Waals surface area contributed by atoms with Gasteiger partial charge in [0.05, 0.1) is 0 Å². The Morgan fingerprint density at radius 1 is 0.950 bits per heavy atom. The Morgan fingerprint density at radius 3 is 2.05 bits per heavy atom. The van der Waals surface area contributed by atoms with Crippen LogP contribution in [0, 0.1) is 6.92 Å². The van der Waals surface area contributed by atoms with Crippen molar-refractivity contribution in [2.75, 3.05) is 0 Å². The molecule has 2 aromatic rings. The van der Waals surface area contributed by atoms with Crippen molar-refractivity contribution in [2.24, 2.45) is 5.73 Å². The van der Waals surface area contributed by atoms with Gasteiger partial charge < -0.3 is 10.5 Å². The van der Waals surface area contributed by atoms with Gasteiger partial charge in [0.2, 0.25) is 0 Å². The maximum absolute atomic E-state index is 5.89. The number of nitrogens with two attached hydrogens (primary N) is 1. The Labute approximate surface area is 121 Å². The Bertz CT molecular complexity index is 579. The van der Waals surface area contributed by atoms with Crippen LogP contribution in [0.2, 0.25) is 0 Å². The van der Waals surface area contributed by atoms with E-state index in [-0.39, 0.29) is 5.41 Å². The van der Waals surface area contributed by atoms with E-state index in [1.54, 1.807) is 0 Å². The fraction of sp³-hybridized carbons (Fsp3) is 0.333. The summed E-state index contributed by atoms with van der Waals surface area (Å²) in [5.41, 5.74) is 9.46. The number of ether oxygens (including phenoxy) is 1. The first-order valence-electron chi connectivity index (χ1n) is 6.98. The molecule has 2 heteroatoms. The van der Waals surface area contributed by atoms with Gasteiger partial charge in [-0.2, -0.15) is 0 Å². The summed E-state index contributed by atoms with van der Waals surface area (Å²) in [7, 11) is 0. The molecule has 0 radical (unpaired) electrons. The third-order valence-corrected chi connectivity index (χ3v) is 3.49. The number of rotatable bonds is 3. The van der Waals surface area contributed by atoms with Crippen molar-refractivity contribution in [1.82, 2.24) is 0 Å². The fourth-order valence-corrected chi connectivity index (χ4v) is 2.12. The molecule has 0 aliphatic carbocycles. The summed E-state index contributed by atoms with van der Waals surface area (Å²) in [6.45, 7) is 9.23. The van der Waals surface area contributed by atoms with E-state index >= 15 is 0 Å². The Hall–Kier alpha value is -1.80. The minimum Gasteiger partial charge on any atom is -0.457 e. The quantitative estimate of drug-likeness (QED) is 0.887. The molecule has 0 saturated heterocycles. The second kappa shape index (κ2) is 5.68. The molecule has 0 amide bonds. The van der Waals surface area contributed by atoms with Crippen LogP contribution in [-0.4, -0.2) is 0 Å². The predicted octanol–water partition coefficient (Wildman–Crippen LogP) is 4.54. The van der Waals surface area contributed by atoms with Crippen LogP contribution in [0.25, 0.3) is 0 Å². The lowest BCUT2D eigenvalue weighted by Gasteiger charge is -2.19. The topological polar surface area (TPSA) is 35.2 Å². The van der Waals surface area contributed by atoms with Crippen LogP contribution in [0.4, 0.5) is 0 Å². The van der Waals surface area contributed by atoms with E-state index in [1.807, 2.05) is 30.3 Å². The van der Waals surface area contributed by atoms with Crippen molar-refractivity contribution >= 4 is 0 Å². The molecular weight excluding hydrogens is 246 g/mol. The Kier molecular flexibility index (Phi) is 4.15. The fourth-order valence-electron chi connectivity index (χ4n) is 2.12. The predicted molar refractivity (Wildman–Crippen MR) is 84.3 cm³/mol. The van der Waals surface area contributed by atoms with Crippen LogP contribution in [0.1, 0.15) is 37.5 Å². The van der Waals surface area contributed by atoms with Crippen molar-refractivity contribution in [3.05, 3.63) is 59.2 Å². The summed E-state index contributed by atoms with van der Waals surface area (Å²) in [6.07, 6.45) is 0. The first kappa shape index (κ1) is 14.6. The van der Waals surface area contributed by atoms with Gasteiger partial charge in [-0.15, -0.1) is 0 Å². The van der Waals surface area contributed by atoms with Crippen LogP contribution >= 0.6 is 0 Å². The molecule has 2 nitrogen and oxygen atoms in total. The lowest BCUT2D eigenvalue weighted by atomic mass is 9.87. The summed E-state index contributed by atoms with van der Waals surface area (Å²) in [5.74, 6) is 1.71.